The average molecular weight is 423 g/mol. The monoisotopic (exact) mass is 422 g/mol. The van der Waals surface area contributed by atoms with Crippen LogP contribution in [0.1, 0.15) is 5.56 Å². The molecule has 0 bridgehead atoms. The van der Waals surface area contributed by atoms with Gasteiger partial charge in [0.1, 0.15) is 6.61 Å². The van der Waals surface area contributed by atoms with Crippen LogP contribution in [0.4, 0.5) is 10.5 Å². The van der Waals surface area contributed by atoms with Crippen molar-refractivity contribution in [3.05, 3.63) is 72.3 Å². The van der Waals surface area contributed by atoms with E-state index in [4.69, 9.17) is 9.47 Å². The van der Waals surface area contributed by atoms with Crippen LogP contribution in [0.15, 0.2) is 71.6 Å². The smallest absolute Gasteiger partial charge is 0.411 e. The molecule has 1 saturated heterocycles. The van der Waals surface area contributed by atoms with E-state index >= 15 is 0 Å². The van der Waals surface area contributed by atoms with E-state index in [1.54, 1.807) is 11.8 Å². The molecule has 0 aromatic heterocycles. The topological polar surface area (TPSA) is 50.8 Å². The Balaban J connectivity index is 1.30. The zero-order valence-electron chi connectivity index (χ0n) is 16.9. The normalized spacial score (nSPS) is 14.5. The van der Waals surface area contributed by atoms with Gasteiger partial charge in [0.2, 0.25) is 0 Å². The lowest BCUT2D eigenvalue weighted by molar-refractivity contribution is 0.0290. The minimum Gasteiger partial charge on any atom is -0.448 e. The lowest BCUT2D eigenvalue weighted by atomic mass is 10.1. The van der Waals surface area contributed by atoms with Crippen molar-refractivity contribution in [2.45, 2.75) is 10.6 Å². The fourth-order valence-electron chi connectivity index (χ4n) is 3.42. The number of morpholine rings is 1. The van der Waals surface area contributed by atoms with Gasteiger partial charge in [0.25, 0.3) is 0 Å². The fraction of sp³-hybridized carbons (Fsp3) is 0.292. The van der Waals surface area contributed by atoms with E-state index in [1.165, 1.54) is 16.3 Å². The molecule has 6 heteroatoms. The molecule has 1 aliphatic heterocycles. The number of hydrogen-bond donors (Lipinski definition) is 1. The van der Waals surface area contributed by atoms with E-state index in [2.05, 4.69) is 52.7 Å². The molecule has 0 unspecified atom stereocenters. The minimum atomic E-state index is -0.415. The molecule has 0 saturated carbocycles. The summed E-state index contributed by atoms with van der Waals surface area (Å²) in [5.41, 5.74) is 2.03. The number of benzene rings is 3. The van der Waals surface area contributed by atoms with Crippen LogP contribution in [0, 0.1) is 0 Å². The molecule has 0 spiro atoms. The Morgan fingerprint density at radius 3 is 2.63 bits per heavy atom. The van der Waals surface area contributed by atoms with Crippen LogP contribution in [0.2, 0.25) is 0 Å². The number of carbonyl (C=O) groups excluding carboxylic acids is 1. The highest BCUT2D eigenvalue weighted by Gasteiger charge is 2.12. The van der Waals surface area contributed by atoms with Gasteiger partial charge in [-0.1, -0.05) is 54.6 Å². The van der Waals surface area contributed by atoms with Crippen molar-refractivity contribution in [2.24, 2.45) is 0 Å². The van der Waals surface area contributed by atoms with Crippen molar-refractivity contribution in [2.75, 3.05) is 44.8 Å². The number of rotatable bonds is 7. The molecule has 0 aliphatic carbocycles. The second-order valence-electron chi connectivity index (χ2n) is 7.18. The summed E-state index contributed by atoms with van der Waals surface area (Å²) < 4.78 is 10.7. The van der Waals surface area contributed by atoms with Crippen LogP contribution in [0.25, 0.3) is 10.8 Å². The van der Waals surface area contributed by atoms with E-state index in [0.717, 1.165) is 49.2 Å². The van der Waals surface area contributed by atoms with Crippen LogP contribution >= 0.6 is 11.8 Å². The Labute approximate surface area is 181 Å². The third-order valence-corrected chi connectivity index (χ3v) is 6.22. The summed E-state index contributed by atoms with van der Waals surface area (Å²) in [6.07, 6.45) is -0.415. The van der Waals surface area contributed by atoms with Crippen molar-refractivity contribution in [1.29, 1.82) is 0 Å². The lowest BCUT2D eigenvalue weighted by Gasteiger charge is -2.26. The van der Waals surface area contributed by atoms with Gasteiger partial charge in [-0.25, -0.2) is 4.79 Å². The quantitative estimate of drug-likeness (QED) is 0.542. The first-order valence-corrected chi connectivity index (χ1v) is 11.2. The number of nitrogens with one attached hydrogen (secondary N) is 1. The van der Waals surface area contributed by atoms with Gasteiger partial charge in [0, 0.05) is 30.3 Å². The Morgan fingerprint density at radius 2 is 1.77 bits per heavy atom. The number of fused-ring (bicyclic) bond motifs is 1. The van der Waals surface area contributed by atoms with Gasteiger partial charge in [-0.2, -0.15) is 0 Å². The number of ether oxygens (including phenoxy) is 2. The molecule has 30 heavy (non-hydrogen) atoms. The van der Waals surface area contributed by atoms with E-state index in [0.29, 0.717) is 6.61 Å². The number of para-hydroxylation sites is 1. The maximum Gasteiger partial charge on any atom is 0.411 e. The maximum atomic E-state index is 12.2. The lowest BCUT2D eigenvalue weighted by Crippen LogP contribution is -2.38. The molecule has 3 aromatic carbocycles. The molecular weight excluding hydrogens is 396 g/mol. The Morgan fingerprint density at radius 1 is 1.00 bits per heavy atom. The number of amides is 1. The molecule has 156 valence electrons. The Bertz CT molecular complexity index is 989. The van der Waals surface area contributed by atoms with Crippen LogP contribution in [0.3, 0.4) is 0 Å². The Kier molecular flexibility index (Phi) is 7.24. The summed E-state index contributed by atoms with van der Waals surface area (Å²) in [7, 11) is 0. The third kappa shape index (κ3) is 5.75. The van der Waals surface area contributed by atoms with Gasteiger partial charge in [0.15, 0.2) is 0 Å². The first kappa shape index (κ1) is 20.7. The molecule has 0 atom stereocenters. The number of hydrogen-bond acceptors (Lipinski definition) is 5. The van der Waals surface area contributed by atoms with Crippen LogP contribution in [0.5, 0.6) is 0 Å². The molecular formula is C24H26N2O3S. The summed E-state index contributed by atoms with van der Waals surface area (Å²) >= 11 is 1.70. The zero-order valence-corrected chi connectivity index (χ0v) is 17.7. The second kappa shape index (κ2) is 10.5. The second-order valence-corrected chi connectivity index (χ2v) is 8.20. The van der Waals surface area contributed by atoms with Crippen LogP contribution < -0.4 is 5.32 Å². The molecule has 4 rings (SSSR count). The van der Waals surface area contributed by atoms with E-state index in [9.17, 15) is 4.79 Å². The summed E-state index contributed by atoms with van der Waals surface area (Å²) in [6, 6.07) is 22.7. The molecule has 3 aromatic rings. The molecule has 1 aliphatic rings. The first-order chi connectivity index (χ1) is 14.8. The highest BCUT2D eigenvalue weighted by molar-refractivity contribution is 7.98. The summed E-state index contributed by atoms with van der Waals surface area (Å²) in [5.74, 6) is 0.829. The summed E-state index contributed by atoms with van der Waals surface area (Å²) in [4.78, 5) is 15.5. The van der Waals surface area contributed by atoms with Crippen molar-refractivity contribution < 1.29 is 14.3 Å². The predicted octanol–water partition coefficient (Wildman–Crippen LogP) is 5.01. The number of carbonyl (C=O) groups is 1. The zero-order chi connectivity index (χ0) is 20.6. The predicted molar refractivity (Wildman–Crippen MR) is 122 cm³/mol. The SMILES string of the molecule is O=C(Nc1ccccc1SCc1ccc2ccccc2c1)OCCN1CCOCC1. The maximum absolute atomic E-state index is 12.2. The van der Waals surface area contributed by atoms with Gasteiger partial charge in [-0.15, -0.1) is 11.8 Å². The van der Waals surface area contributed by atoms with E-state index in [1.807, 2.05) is 24.3 Å². The van der Waals surface area contributed by atoms with E-state index in [-0.39, 0.29) is 0 Å². The Hall–Kier alpha value is -2.54. The molecule has 1 fully saturated rings. The molecule has 1 N–H and O–H groups in total. The van der Waals surface area contributed by atoms with Gasteiger partial charge in [0.05, 0.1) is 18.9 Å². The number of anilines is 1. The summed E-state index contributed by atoms with van der Waals surface area (Å²) in [6.45, 7) is 4.37. The fourth-order valence-corrected chi connectivity index (χ4v) is 4.37. The molecule has 0 radical (unpaired) electrons. The van der Waals surface area contributed by atoms with Gasteiger partial charge < -0.3 is 9.47 Å². The number of nitrogens with zero attached hydrogens (tertiary/aromatic N) is 1. The number of thioether (sulfide) groups is 1. The molecule has 1 amide bonds. The molecule has 1 heterocycles. The standard InChI is InChI=1S/C24H26N2O3S/c27-24(29-16-13-26-11-14-28-15-12-26)25-22-7-3-4-8-23(22)30-18-19-9-10-20-5-1-2-6-21(20)17-19/h1-10,17H,11-16,18H2,(H,25,27). The minimum absolute atomic E-state index is 0.373. The van der Waals surface area contributed by atoms with Gasteiger partial charge >= 0.3 is 6.09 Å². The highest BCUT2D eigenvalue weighted by atomic mass is 32.2. The van der Waals surface area contributed by atoms with Crippen molar-refractivity contribution in [3.63, 3.8) is 0 Å². The van der Waals surface area contributed by atoms with Crippen molar-refractivity contribution >= 4 is 34.3 Å². The van der Waals surface area contributed by atoms with Gasteiger partial charge in [-0.3, -0.25) is 10.2 Å². The van der Waals surface area contributed by atoms with Crippen molar-refractivity contribution in [3.8, 4) is 0 Å². The highest BCUT2D eigenvalue weighted by Crippen LogP contribution is 2.30. The largest absolute Gasteiger partial charge is 0.448 e. The van der Waals surface area contributed by atoms with E-state index < -0.39 is 6.09 Å². The average Bonchev–Trinajstić information content (AvgIpc) is 2.79. The van der Waals surface area contributed by atoms with Crippen molar-refractivity contribution in [1.82, 2.24) is 4.90 Å². The van der Waals surface area contributed by atoms with Gasteiger partial charge in [-0.05, 0) is 28.5 Å². The molecule has 5 nitrogen and oxygen atoms in total. The van der Waals surface area contributed by atoms with Crippen LogP contribution in [-0.2, 0) is 15.2 Å². The third-order valence-electron chi connectivity index (χ3n) is 5.08. The summed E-state index contributed by atoms with van der Waals surface area (Å²) in [5, 5.41) is 5.37. The first-order valence-electron chi connectivity index (χ1n) is 10.2. The van der Waals surface area contributed by atoms with Crippen LogP contribution in [-0.4, -0.2) is 50.4 Å².